The van der Waals surface area contributed by atoms with Crippen LogP contribution in [-0.4, -0.2) is 28.9 Å². The van der Waals surface area contributed by atoms with E-state index in [0.29, 0.717) is 18.5 Å². The lowest BCUT2D eigenvalue weighted by Crippen LogP contribution is -2.49. The molecule has 0 saturated heterocycles. The van der Waals surface area contributed by atoms with Crippen molar-refractivity contribution in [1.29, 1.82) is 0 Å². The third-order valence-electron chi connectivity index (χ3n) is 3.04. The number of carboxylic acids is 1. The molecule has 1 unspecified atom stereocenters. The van der Waals surface area contributed by atoms with Gasteiger partial charge in [-0.25, -0.2) is 4.79 Å². The van der Waals surface area contributed by atoms with Crippen molar-refractivity contribution in [2.24, 2.45) is 0 Å². The van der Waals surface area contributed by atoms with Gasteiger partial charge in [0, 0.05) is 6.54 Å². The van der Waals surface area contributed by atoms with Crippen LogP contribution in [0.5, 0.6) is 0 Å². The van der Waals surface area contributed by atoms with Gasteiger partial charge in [-0.3, -0.25) is 4.79 Å². The molecule has 1 rings (SSSR count). The molecule has 0 spiro atoms. The number of carboxylic acid groups (broad SMARTS) is 1. The number of likely N-dealkylation sites (N-methyl/N-ethyl adjacent to an activating group) is 1. The van der Waals surface area contributed by atoms with Crippen molar-refractivity contribution in [2.45, 2.75) is 26.3 Å². The van der Waals surface area contributed by atoms with Gasteiger partial charge in [0.25, 0.3) is 0 Å². The standard InChI is InChI=1S/C13H17NO3/c1-4-14(9-15)13(3,12(16)17)11-7-5-6-10(2)8-11/h5-9H,4H2,1-3H3,(H,16,17). The normalized spacial score (nSPS) is 13.8. The first-order valence-electron chi connectivity index (χ1n) is 5.49. The van der Waals surface area contributed by atoms with Gasteiger partial charge < -0.3 is 10.0 Å². The minimum atomic E-state index is -1.32. The summed E-state index contributed by atoms with van der Waals surface area (Å²) in [6.45, 7) is 5.54. The summed E-state index contributed by atoms with van der Waals surface area (Å²) in [7, 11) is 0. The molecular weight excluding hydrogens is 218 g/mol. The monoisotopic (exact) mass is 235 g/mol. The zero-order valence-electron chi connectivity index (χ0n) is 10.3. The largest absolute Gasteiger partial charge is 0.479 e. The number of amides is 1. The highest BCUT2D eigenvalue weighted by molar-refractivity contribution is 5.82. The molecule has 0 aromatic heterocycles. The first-order chi connectivity index (χ1) is 7.96. The summed E-state index contributed by atoms with van der Waals surface area (Å²) in [6.07, 6.45) is 0.580. The van der Waals surface area contributed by atoms with Crippen LogP contribution in [0, 0.1) is 6.92 Å². The number of aliphatic carboxylic acids is 1. The molecule has 1 aromatic carbocycles. The molecular formula is C13H17NO3. The highest BCUT2D eigenvalue weighted by atomic mass is 16.4. The van der Waals surface area contributed by atoms with Crippen molar-refractivity contribution < 1.29 is 14.7 Å². The molecule has 92 valence electrons. The first kappa shape index (κ1) is 13.2. The fraction of sp³-hybridized carbons (Fsp3) is 0.385. The van der Waals surface area contributed by atoms with E-state index in [9.17, 15) is 14.7 Å². The third-order valence-corrected chi connectivity index (χ3v) is 3.04. The molecule has 4 nitrogen and oxygen atoms in total. The molecule has 0 bridgehead atoms. The summed E-state index contributed by atoms with van der Waals surface area (Å²) < 4.78 is 0. The Morgan fingerprint density at radius 1 is 1.53 bits per heavy atom. The summed E-state index contributed by atoms with van der Waals surface area (Å²) in [6, 6.07) is 7.21. The molecule has 4 heteroatoms. The van der Waals surface area contributed by atoms with E-state index in [1.807, 2.05) is 13.0 Å². The smallest absolute Gasteiger partial charge is 0.334 e. The van der Waals surface area contributed by atoms with E-state index in [0.717, 1.165) is 5.56 Å². The zero-order chi connectivity index (χ0) is 13.1. The average molecular weight is 235 g/mol. The van der Waals surface area contributed by atoms with Crippen molar-refractivity contribution in [3.8, 4) is 0 Å². The van der Waals surface area contributed by atoms with Crippen LogP contribution in [0.2, 0.25) is 0 Å². The van der Waals surface area contributed by atoms with Crippen LogP contribution in [0.15, 0.2) is 24.3 Å². The maximum Gasteiger partial charge on any atom is 0.334 e. The van der Waals surface area contributed by atoms with E-state index in [-0.39, 0.29) is 0 Å². The van der Waals surface area contributed by atoms with Crippen LogP contribution in [0.4, 0.5) is 0 Å². The predicted octanol–water partition coefficient (Wildman–Crippen LogP) is 1.77. The van der Waals surface area contributed by atoms with Crippen molar-refractivity contribution in [3.05, 3.63) is 35.4 Å². The Morgan fingerprint density at radius 3 is 2.59 bits per heavy atom. The molecule has 0 fully saturated rings. The molecule has 1 atom stereocenters. The molecule has 1 aromatic rings. The summed E-state index contributed by atoms with van der Waals surface area (Å²) >= 11 is 0. The predicted molar refractivity (Wildman–Crippen MR) is 64.6 cm³/mol. The van der Waals surface area contributed by atoms with Crippen LogP contribution >= 0.6 is 0 Å². The van der Waals surface area contributed by atoms with Gasteiger partial charge in [-0.05, 0) is 26.3 Å². The Labute approximate surface area is 101 Å². The number of carbonyl (C=O) groups excluding carboxylic acids is 1. The zero-order valence-corrected chi connectivity index (χ0v) is 10.3. The van der Waals surface area contributed by atoms with Crippen molar-refractivity contribution in [2.75, 3.05) is 6.54 Å². The average Bonchev–Trinajstić information content (AvgIpc) is 2.30. The molecule has 0 radical (unpaired) electrons. The van der Waals surface area contributed by atoms with E-state index in [1.54, 1.807) is 32.0 Å². The maximum absolute atomic E-state index is 11.5. The summed E-state index contributed by atoms with van der Waals surface area (Å²) in [5, 5.41) is 9.41. The third kappa shape index (κ3) is 2.30. The van der Waals surface area contributed by atoms with Crippen molar-refractivity contribution >= 4 is 12.4 Å². The van der Waals surface area contributed by atoms with E-state index in [4.69, 9.17) is 0 Å². The molecule has 0 aliphatic heterocycles. The van der Waals surface area contributed by atoms with Gasteiger partial charge in [-0.2, -0.15) is 0 Å². The Bertz CT molecular complexity index is 430. The Hall–Kier alpha value is -1.84. The Morgan fingerprint density at radius 2 is 2.18 bits per heavy atom. The summed E-state index contributed by atoms with van der Waals surface area (Å²) in [5.74, 6) is -1.03. The summed E-state index contributed by atoms with van der Waals surface area (Å²) in [5.41, 5.74) is 0.263. The van der Waals surface area contributed by atoms with Gasteiger partial charge in [0.05, 0.1) is 0 Å². The number of benzene rings is 1. The number of nitrogens with zero attached hydrogens (tertiary/aromatic N) is 1. The number of aryl methyl sites for hydroxylation is 1. The van der Waals surface area contributed by atoms with E-state index in [1.165, 1.54) is 4.90 Å². The Kier molecular flexibility index (Phi) is 3.89. The quantitative estimate of drug-likeness (QED) is 0.791. The van der Waals surface area contributed by atoms with E-state index in [2.05, 4.69) is 0 Å². The molecule has 0 heterocycles. The Balaban J connectivity index is 3.34. The van der Waals surface area contributed by atoms with Gasteiger partial charge in [0.1, 0.15) is 0 Å². The lowest BCUT2D eigenvalue weighted by molar-refractivity contribution is -0.154. The minimum Gasteiger partial charge on any atom is -0.479 e. The van der Waals surface area contributed by atoms with Crippen molar-refractivity contribution in [3.63, 3.8) is 0 Å². The van der Waals surface area contributed by atoms with E-state index < -0.39 is 11.5 Å². The summed E-state index contributed by atoms with van der Waals surface area (Å²) in [4.78, 5) is 23.8. The van der Waals surface area contributed by atoms with Crippen LogP contribution < -0.4 is 0 Å². The van der Waals surface area contributed by atoms with Crippen LogP contribution in [-0.2, 0) is 15.1 Å². The molecule has 0 aliphatic rings. The first-order valence-corrected chi connectivity index (χ1v) is 5.49. The molecule has 0 aliphatic carbocycles. The highest BCUT2D eigenvalue weighted by Gasteiger charge is 2.40. The van der Waals surface area contributed by atoms with Gasteiger partial charge in [0.2, 0.25) is 6.41 Å². The lowest BCUT2D eigenvalue weighted by Gasteiger charge is -2.35. The molecule has 1 amide bonds. The van der Waals surface area contributed by atoms with Gasteiger partial charge >= 0.3 is 5.97 Å². The SMILES string of the molecule is CCN(C=O)C(C)(C(=O)O)c1cccc(C)c1. The van der Waals surface area contributed by atoms with Gasteiger partial charge in [-0.15, -0.1) is 0 Å². The maximum atomic E-state index is 11.5. The lowest BCUT2D eigenvalue weighted by atomic mass is 9.89. The number of hydrogen-bond acceptors (Lipinski definition) is 2. The minimum absolute atomic E-state index is 0.347. The fourth-order valence-corrected chi connectivity index (χ4v) is 1.86. The second kappa shape index (κ2) is 4.99. The van der Waals surface area contributed by atoms with Gasteiger partial charge in [0.15, 0.2) is 5.54 Å². The van der Waals surface area contributed by atoms with Gasteiger partial charge in [-0.1, -0.05) is 29.8 Å². The fourth-order valence-electron chi connectivity index (χ4n) is 1.86. The molecule has 1 N–H and O–H groups in total. The second-order valence-corrected chi connectivity index (χ2v) is 4.14. The number of carbonyl (C=O) groups is 2. The number of hydrogen-bond donors (Lipinski definition) is 1. The van der Waals surface area contributed by atoms with Crippen LogP contribution in [0.25, 0.3) is 0 Å². The number of rotatable bonds is 5. The topological polar surface area (TPSA) is 57.6 Å². The highest BCUT2D eigenvalue weighted by Crippen LogP contribution is 2.28. The van der Waals surface area contributed by atoms with Crippen LogP contribution in [0.1, 0.15) is 25.0 Å². The van der Waals surface area contributed by atoms with Crippen molar-refractivity contribution in [1.82, 2.24) is 4.90 Å². The molecule has 17 heavy (non-hydrogen) atoms. The second-order valence-electron chi connectivity index (χ2n) is 4.14. The van der Waals surface area contributed by atoms with Crippen LogP contribution in [0.3, 0.4) is 0 Å². The van der Waals surface area contributed by atoms with E-state index >= 15 is 0 Å². The molecule has 0 saturated carbocycles.